The molecular formula is C10H20O5. The van der Waals surface area contributed by atoms with E-state index in [4.69, 9.17) is 10.2 Å². The first-order valence-corrected chi connectivity index (χ1v) is 5.04. The first kappa shape index (κ1) is 14.3. The summed E-state index contributed by atoms with van der Waals surface area (Å²) in [6.45, 7) is 4.48. The molecule has 0 radical (unpaired) electrons. The third kappa shape index (κ3) is 4.59. The molecule has 5 heteroatoms. The first-order valence-electron chi connectivity index (χ1n) is 5.04. The zero-order chi connectivity index (χ0) is 12.2. The molecule has 0 rings (SSSR count). The van der Waals surface area contributed by atoms with E-state index >= 15 is 0 Å². The van der Waals surface area contributed by atoms with E-state index in [9.17, 15) is 15.0 Å². The Balaban J connectivity index is 4.29. The quantitative estimate of drug-likeness (QED) is 0.498. The number of carboxylic acids is 1. The van der Waals surface area contributed by atoms with E-state index in [2.05, 4.69) is 0 Å². The minimum Gasteiger partial charge on any atom is -0.481 e. The Morgan fingerprint density at radius 3 is 1.93 bits per heavy atom. The summed E-state index contributed by atoms with van der Waals surface area (Å²) in [6.07, 6.45) is -2.56. The second-order valence-electron chi connectivity index (χ2n) is 4.13. The van der Waals surface area contributed by atoms with E-state index in [1.165, 1.54) is 13.8 Å². The zero-order valence-electron chi connectivity index (χ0n) is 9.29. The van der Waals surface area contributed by atoms with Gasteiger partial charge in [0, 0.05) is 5.92 Å². The van der Waals surface area contributed by atoms with Crippen molar-refractivity contribution in [3.05, 3.63) is 0 Å². The molecule has 5 nitrogen and oxygen atoms in total. The van der Waals surface area contributed by atoms with Crippen molar-refractivity contribution in [1.82, 2.24) is 0 Å². The second-order valence-corrected chi connectivity index (χ2v) is 4.13. The van der Waals surface area contributed by atoms with Crippen molar-refractivity contribution in [3.8, 4) is 0 Å². The van der Waals surface area contributed by atoms with Crippen LogP contribution in [0.1, 0.15) is 27.2 Å². The first-order chi connectivity index (χ1) is 6.77. The number of aliphatic carboxylic acids is 1. The Hall–Kier alpha value is -0.650. The predicted octanol–water partition coefficient (Wildman–Crippen LogP) is -0.164. The van der Waals surface area contributed by atoms with Crippen molar-refractivity contribution in [1.29, 1.82) is 0 Å². The maximum atomic E-state index is 10.6. The monoisotopic (exact) mass is 220 g/mol. The largest absolute Gasteiger partial charge is 0.481 e. The lowest BCUT2D eigenvalue weighted by Crippen LogP contribution is -2.38. The van der Waals surface area contributed by atoms with Crippen LogP contribution in [-0.2, 0) is 4.79 Å². The van der Waals surface area contributed by atoms with Gasteiger partial charge >= 0.3 is 5.97 Å². The third-order valence-corrected chi connectivity index (χ3v) is 2.63. The smallest absolute Gasteiger partial charge is 0.308 e. The number of carboxylic acid groups (broad SMARTS) is 1. The molecule has 0 aliphatic rings. The van der Waals surface area contributed by atoms with Crippen molar-refractivity contribution in [2.24, 2.45) is 11.8 Å². The molecule has 0 bridgehead atoms. The van der Waals surface area contributed by atoms with Crippen LogP contribution in [0, 0.1) is 11.8 Å². The van der Waals surface area contributed by atoms with Crippen molar-refractivity contribution in [2.75, 3.05) is 0 Å². The molecule has 0 aliphatic carbocycles. The predicted molar refractivity (Wildman–Crippen MR) is 54.3 cm³/mol. The molecule has 0 aromatic carbocycles. The van der Waals surface area contributed by atoms with Crippen molar-refractivity contribution in [3.63, 3.8) is 0 Å². The summed E-state index contributed by atoms with van der Waals surface area (Å²) in [5, 5.41) is 36.9. The fourth-order valence-corrected chi connectivity index (χ4v) is 1.39. The summed E-state index contributed by atoms with van der Waals surface area (Å²) in [5.74, 6) is -2.60. The average Bonchev–Trinajstić information content (AvgIpc) is 2.13. The van der Waals surface area contributed by atoms with E-state index in [1.54, 1.807) is 6.92 Å². The number of rotatable bonds is 6. The Labute approximate surface area is 89.4 Å². The molecule has 0 fully saturated rings. The Morgan fingerprint density at radius 1 is 1.13 bits per heavy atom. The van der Waals surface area contributed by atoms with Gasteiger partial charge in [0.15, 0.2) is 0 Å². The van der Waals surface area contributed by atoms with Gasteiger partial charge in [-0.2, -0.15) is 0 Å². The standard InChI is InChI=1S/C10H20O5/c1-5(11)4-8(12)6(2)9(13)7(3)10(14)15/h5-9,11-13H,4H2,1-3H3,(H,14,15). The minimum absolute atomic E-state index is 0.130. The summed E-state index contributed by atoms with van der Waals surface area (Å²) in [4.78, 5) is 10.6. The summed E-state index contributed by atoms with van der Waals surface area (Å²) in [6, 6.07) is 0. The van der Waals surface area contributed by atoms with Gasteiger partial charge in [0.1, 0.15) is 0 Å². The highest BCUT2D eigenvalue weighted by molar-refractivity contribution is 5.70. The molecule has 0 aromatic heterocycles. The number of aliphatic hydroxyl groups excluding tert-OH is 3. The van der Waals surface area contributed by atoms with Crippen molar-refractivity contribution >= 4 is 5.97 Å². The molecule has 4 N–H and O–H groups in total. The minimum atomic E-state index is -1.11. The molecular weight excluding hydrogens is 200 g/mol. The number of hydrogen-bond donors (Lipinski definition) is 4. The Morgan fingerprint density at radius 2 is 1.60 bits per heavy atom. The molecule has 0 heterocycles. The zero-order valence-corrected chi connectivity index (χ0v) is 9.29. The molecule has 15 heavy (non-hydrogen) atoms. The number of hydrogen-bond acceptors (Lipinski definition) is 4. The van der Waals surface area contributed by atoms with E-state index < -0.39 is 36.1 Å². The number of aliphatic hydroxyl groups is 3. The normalized spacial score (nSPS) is 21.5. The van der Waals surface area contributed by atoms with E-state index in [0.717, 1.165) is 0 Å². The number of carbonyl (C=O) groups is 1. The van der Waals surface area contributed by atoms with E-state index in [1.807, 2.05) is 0 Å². The van der Waals surface area contributed by atoms with Gasteiger partial charge in [-0.1, -0.05) is 6.92 Å². The molecule has 0 saturated heterocycles. The van der Waals surface area contributed by atoms with Crippen LogP contribution in [0.2, 0.25) is 0 Å². The van der Waals surface area contributed by atoms with Crippen LogP contribution in [0.5, 0.6) is 0 Å². The molecule has 90 valence electrons. The Bertz CT molecular complexity index is 204. The van der Waals surface area contributed by atoms with Crippen LogP contribution in [0.25, 0.3) is 0 Å². The van der Waals surface area contributed by atoms with Crippen LogP contribution in [0.4, 0.5) is 0 Å². The molecule has 0 amide bonds. The third-order valence-electron chi connectivity index (χ3n) is 2.63. The van der Waals surface area contributed by atoms with Gasteiger partial charge in [-0.15, -0.1) is 0 Å². The van der Waals surface area contributed by atoms with E-state index in [0.29, 0.717) is 0 Å². The van der Waals surface area contributed by atoms with Gasteiger partial charge in [-0.25, -0.2) is 0 Å². The van der Waals surface area contributed by atoms with Crippen LogP contribution >= 0.6 is 0 Å². The summed E-state index contributed by atoms with van der Waals surface area (Å²) >= 11 is 0. The molecule has 5 atom stereocenters. The second kappa shape index (κ2) is 6.05. The van der Waals surface area contributed by atoms with Gasteiger partial charge in [-0.3, -0.25) is 4.79 Å². The molecule has 0 saturated carbocycles. The van der Waals surface area contributed by atoms with Gasteiger partial charge in [0.25, 0.3) is 0 Å². The fraction of sp³-hybridized carbons (Fsp3) is 0.900. The fourth-order valence-electron chi connectivity index (χ4n) is 1.39. The average molecular weight is 220 g/mol. The summed E-state index contributed by atoms with van der Waals surface area (Å²) in [5.41, 5.74) is 0. The van der Waals surface area contributed by atoms with Crippen LogP contribution in [0.3, 0.4) is 0 Å². The van der Waals surface area contributed by atoms with Crippen molar-refractivity contribution in [2.45, 2.75) is 45.5 Å². The maximum Gasteiger partial charge on any atom is 0.308 e. The highest BCUT2D eigenvalue weighted by Gasteiger charge is 2.31. The SMILES string of the molecule is CC(O)CC(O)C(C)C(O)C(C)C(=O)O. The molecule has 5 unspecified atom stereocenters. The van der Waals surface area contributed by atoms with Crippen LogP contribution in [0.15, 0.2) is 0 Å². The summed E-state index contributed by atoms with van der Waals surface area (Å²) in [7, 11) is 0. The summed E-state index contributed by atoms with van der Waals surface area (Å²) < 4.78 is 0. The lowest BCUT2D eigenvalue weighted by molar-refractivity contribution is -0.147. The van der Waals surface area contributed by atoms with Gasteiger partial charge in [0.05, 0.1) is 24.2 Å². The Kier molecular flexibility index (Phi) is 5.79. The lowest BCUT2D eigenvalue weighted by atomic mass is 9.87. The van der Waals surface area contributed by atoms with Gasteiger partial charge in [0.2, 0.25) is 0 Å². The topological polar surface area (TPSA) is 98.0 Å². The highest BCUT2D eigenvalue weighted by atomic mass is 16.4. The highest BCUT2D eigenvalue weighted by Crippen LogP contribution is 2.19. The molecule has 0 aromatic rings. The van der Waals surface area contributed by atoms with Gasteiger partial charge in [-0.05, 0) is 20.3 Å². The molecule has 0 spiro atoms. The van der Waals surface area contributed by atoms with E-state index in [-0.39, 0.29) is 6.42 Å². The lowest BCUT2D eigenvalue weighted by Gasteiger charge is -2.27. The van der Waals surface area contributed by atoms with Gasteiger partial charge < -0.3 is 20.4 Å². The van der Waals surface area contributed by atoms with Crippen molar-refractivity contribution < 1.29 is 25.2 Å². The molecule has 0 aliphatic heterocycles. The maximum absolute atomic E-state index is 10.6. The van der Waals surface area contributed by atoms with Crippen LogP contribution < -0.4 is 0 Å². The van der Waals surface area contributed by atoms with Crippen LogP contribution in [-0.4, -0.2) is 44.7 Å².